The maximum Gasteiger partial charge on any atom is 0.416 e. The summed E-state index contributed by atoms with van der Waals surface area (Å²) >= 11 is 5.93. The molecule has 2 aromatic rings. The maximum atomic E-state index is 12.7. The van der Waals surface area contributed by atoms with E-state index in [2.05, 4.69) is 5.32 Å². The van der Waals surface area contributed by atoms with Crippen LogP contribution in [-0.4, -0.2) is 25.6 Å². The zero-order valence-electron chi connectivity index (χ0n) is 14.1. The molecular formula is C18H15ClF3NO4. The highest BCUT2D eigenvalue weighted by molar-refractivity contribution is 6.32. The summed E-state index contributed by atoms with van der Waals surface area (Å²) in [4.78, 5) is 23.6. The topological polar surface area (TPSA) is 64.6 Å². The fourth-order valence-corrected chi connectivity index (χ4v) is 2.42. The molecule has 0 heterocycles. The molecule has 1 amide bonds. The number of rotatable bonds is 6. The van der Waals surface area contributed by atoms with E-state index in [0.29, 0.717) is 11.4 Å². The molecule has 5 nitrogen and oxygen atoms in total. The van der Waals surface area contributed by atoms with Crippen molar-refractivity contribution in [1.29, 1.82) is 0 Å². The minimum Gasteiger partial charge on any atom is -0.495 e. The Morgan fingerprint density at radius 3 is 2.52 bits per heavy atom. The first-order chi connectivity index (χ1) is 12.7. The molecule has 0 aliphatic heterocycles. The van der Waals surface area contributed by atoms with Crippen LogP contribution in [0.5, 0.6) is 5.75 Å². The molecule has 0 fully saturated rings. The van der Waals surface area contributed by atoms with Crippen LogP contribution in [-0.2, 0) is 26.9 Å². The number of halogens is 4. The lowest BCUT2D eigenvalue weighted by molar-refractivity contribution is -0.146. The fourth-order valence-electron chi connectivity index (χ4n) is 2.16. The third-order valence-corrected chi connectivity index (χ3v) is 3.70. The fraction of sp³-hybridized carbons (Fsp3) is 0.222. The smallest absolute Gasteiger partial charge is 0.416 e. The van der Waals surface area contributed by atoms with Gasteiger partial charge in [0, 0.05) is 5.69 Å². The minimum absolute atomic E-state index is 0.136. The van der Waals surface area contributed by atoms with Gasteiger partial charge in [-0.2, -0.15) is 13.2 Å². The molecule has 0 aromatic heterocycles. The van der Waals surface area contributed by atoms with Crippen LogP contribution in [0.15, 0.2) is 42.5 Å². The van der Waals surface area contributed by atoms with Gasteiger partial charge in [0.1, 0.15) is 5.75 Å². The highest BCUT2D eigenvalue weighted by Crippen LogP contribution is 2.29. The lowest BCUT2D eigenvalue weighted by atomic mass is 10.1. The molecule has 0 radical (unpaired) electrons. The van der Waals surface area contributed by atoms with Crippen molar-refractivity contribution in [3.63, 3.8) is 0 Å². The second kappa shape index (κ2) is 8.77. The van der Waals surface area contributed by atoms with Crippen LogP contribution < -0.4 is 10.1 Å². The van der Waals surface area contributed by atoms with Crippen molar-refractivity contribution in [2.45, 2.75) is 12.6 Å². The second-order valence-corrected chi connectivity index (χ2v) is 5.84. The third-order valence-electron chi connectivity index (χ3n) is 3.40. The average Bonchev–Trinajstić information content (AvgIpc) is 2.60. The van der Waals surface area contributed by atoms with Gasteiger partial charge in [-0.15, -0.1) is 0 Å². The van der Waals surface area contributed by atoms with E-state index in [1.807, 2.05) is 0 Å². The van der Waals surface area contributed by atoms with Gasteiger partial charge in [0.05, 0.1) is 24.1 Å². The summed E-state index contributed by atoms with van der Waals surface area (Å²) in [5, 5.41) is 2.77. The summed E-state index contributed by atoms with van der Waals surface area (Å²) in [6, 6.07) is 8.90. The number of hydrogen-bond acceptors (Lipinski definition) is 4. The Hall–Kier alpha value is -2.74. The van der Waals surface area contributed by atoms with Gasteiger partial charge in [-0.3, -0.25) is 9.59 Å². The van der Waals surface area contributed by atoms with Crippen molar-refractivity contribution in [3.8, 4) is 5.75 Å². The molecule has 0 aliphatic carbocycles. The molecular weight excluding hydrogens is 387 g/mol. The predicted octanol–water partition coefficient (Wildman–Crippen LogP) is 4.09. The lowest BCUT2D eigenvalue weighted by Crippen LogP contribution is -2.21. The Balaban J connectivity index is 1.86. The van der Waals surface area contributed by atoms with Crippen molar-refractivity contribution in [2.75, 3.05) is 19.0 Å². The van der Waals surface area contributed by atoms with E-state index in [1.165, 1.54) is 25.3 Å². The molecule has 0 unspecified atom stereocenters. The Bertz CT molecular complexity index is 840. The highest BCUT2D eigenvalue weighted by atomic mass is 35.5. The first-order valence-corrected chi connectivity index (χ1v) is 8.02. The van der Waals surface area contributed by atoms with Crippen LogP contribution in [0.4, 0.5) is 18.9 Å². The van der Waals surface area contributed by atoms with E-state index in [0.717, 1.165) is 12.1 Å². The standard InChI is InChI=1S/C18H15ClF3NO4/c1-26-15-6-5-13(9-14(15)19)23-16(24)10-27-17(25)8-11-3-2-4-12(7-11)18(20,21)22/h2-7,9H,8,10H2,1H3,(H,23,24). The maximum absolute atomic E-state index is 12.7. The SMILES string of the molecule is COc1ccc(NC(=O)COC(=O)Cc2cccc(C(F)(F)F)c2)cc1Cl. The average molecular weight is 402 g/mol. The summed E-state index contributed by atoms with van der Waals surface area (Å²) in [6.45, 7) is -0.582. The zero-order valence-corrected chi connectivity index (χ0v) is 14.9. The van der Waals surface area contributed by atoms with Crippen molar-refractivity contribution in [2.24, 2.45) is 0 Å². The molecule has 2 aromatic carbocycles. The summed E-state index contributed by atoms with van der Waals surface area (Å²) < 4.78 is 47.7. The molecule has 144 valence electrons. The van der Waals surface area contributed by atoms with Gasteiger partial charge >= 0.3 is 12.1 Å². The largest absolute Gasteiger partial charge is 0.495 e. The summed E-state index contributed by atoms with van der Waals surface area (Å²) in [6.07, 6.45) is -4.88. The van der Waals surface area contributed by atoms with Crippen LogP contribution in [0, 0.1) is 0 Å². The molecule has 0 bridgehead atoms. The van der Waals surface area contributed by atoms with Crippen LogP contribution in [0.2, 0.25) is 5.02 Å². The van der Waals surface area contributed by atoms with Gasteiger partial charge in [0.25, 0.3) is 5.91 Å². The number of alkyl halides is 3. The monoisotopic (exact) mass is 401 g/mol. The summed E-state index contributed by atoms with van der Waals surface area (Å²) in [5.41, 5.74) is -0.348. The van der Waals surface area contributed by atoms with Gasteiger partial charge in [0.2, 0.25) is 0 Å². The Morgan fingerprint density at radius 2 is 1.89 bits per heavy atom. The second-order valence-electron chi connectivity index (χ2n) is 5.43. The number of amides is 1. The number of anilines is 1. The van der Waals surface area contributed by atoms with Gasteiger partial charge in [-0.05, 0) is 29.8 Å². The molecule has 0 saturated carbocycles. The molecule has 0 spiro atoms. The van der Waals surface area contributed by atoms with E-state index >= 15 is 0 Å². The number of benzene rings is 2. The Kier molecular flexibility index (Phi) is 6.68. The molecule has 1 N–H and O–H groups in total. The minimum atomic E-state index is -4.50. The van der Waals surface area contributed by atoms with E-state index < -0.39 is 30.2 Å². The van der Waals surface area contributed by atoms with Gasteiger partial charge in [-0.1, -0.05) is 29.8 Å². The first kappa shape index (κ1) is 20.6. The first-order valence-electron chi connectivity index (χ1n) is 7.64. The van der Waals surface area contributed by atoms with Crippen molar-refractivity contribution >= 4 is 29.2 Å². The van der Waals surface area contributed by atoms with E-state index in [9.17, 15) is 22.8 Å². The molecule has 0 aliphatic rings. The van der Waals surface area contributed by atoms with Gasteiger partial charge < -0.3 is 14.8 Å². The van der Waals surface area contributed by atoms with Crippen molar-refractivity contribution in [1.82, 2.24) is 0 Å². The molecule has 0 atom stereocenters. The number of carbonyl (C=O) groups is 2. The van der Waals surface area contributed by atoms with Crippen LogP contribution in [0.3, 0.4) is 0 Å². The van der Waals surface area contributed by atoms with Crippen molar-refractivity contribution < 1.29 is 32.2 Å². The number of esters is 1. The van der Waals surface area contributed by atoms with Gasteiger partial charge in [0.15, 0.2) is 6.61 Å². The Morgan fingerprint density at radius 1 is 1.15 bits per heavy atom. The lowest BCUT2D eigenvalue weighted by Gasteiger charge is -2.10. The number of hydrogen-bond donors (Lipinski definition) is 1. The highest BCUT2D eigenvalue weighted by Gasteiger charge is 2.30. The van der Waals surface area contributed by atoms with Gasteiger partial charge in [-0.25, -0.2) is 0 Å². The molecule has 0 saturated heterocycles. The number of ether oxygens (including phenoxy) is 2. The third kappa shape index (κ3) is 6.18. The van der Waals surface area contributed by atoms with E-state index in [1.54, 1.807) is 12.1 Å². The molecule has 27 heavy (non-hydrogen) atoms. The van der Waals surface area contributed by atoms with E-state index in [-0.39, 0.29) is 17.0 Å². The normalized spacial score (nSPS) is 11.0. The Labute approximate surface area is 158 Å². The van der Waals surface area contributed by atoms with Crippen LogP contribution in [0.1, 0.15) is 11.1 Å². The van der Waals surface area contributed by atoms with Crippen LogP contribution >= 0.6 is 11.6 Å². The number of carbonyl (C=O) groups excluding carboxylic acids is 2. The number of nitrogens with one attached hydrogen (secondary N) is 1. The van der Waals surface area contributed by atoms with Crippen LogP contribution in [0.25, 0.3) is 0 Å². The van der Waals surface area contributed by atoms with Crippen molar-refractivity contribution in [3.05, 3.63) is 58.6 Å². The van der Waals surface area contributed by atoms with E-state index in [4.69, 9.17) is 21.1 Å². The molecule has 9 heteroatoms. The zero-order chi connectivity index (χ0) is 20.0. The summed E-state index contributed by atoms with van der Waals surface area (Å²) in [5.74, 6) is -1.01. The number of methoxy groups -OCH3 is 1. The predicted molar refractivity (Wildman–Crippen MR) is 92.7 cm³/mol. The quantitative estimate of drug-likeness (QED) is 0.740. The summed E-state index contributed by atoms with van der Waals surface area (Å²) in [7, 11) is 1.45. The molecule has 2 rings (SSSR count).